The zero-order valence-corrected chi connectivity index (χ0v) is 18.8. The predicted octanol–water partition coefficient (Wildman–Crippen LogP) is 2.91. The molecule has 0 aromatic heterocycles. The van der Waals surface area contributed by atoms with Gasteiger partial charge in [-0.25, -0.2) is 4.79 Å². The third-order valence-electron chi connectivity index (χ3n) is 5.15. The Hall–Kier alpha value is -0.930. The van der Waals surface area contributed by atoms with Crippen LogP contribution in [0.15, 0.2) is 0 Å². The van der Waals surface area contributed by atoms with Crippen LogP contribution in [-0.4, -0.2) is 61.8 Å². The molecule has 1 aliphatic rings. The Labute approximate surface area is 175 Å². The number of carbonyl (C=O) groups is 1. The van der Waals surface area contributed by atoms with Crippen molar-refractivity contribution in [2.75, 3.05) is 20.4 Å². The second-order valence-electron chi connectivity index (χ2n) is 8.86. The molecule has 0 heterocycles. The summed E-state index contributed by atoms with van der Waals surface area (Å²) in [5.74, 6) is 0.471. The summed E-state index contributed by atoms with van der Waals surface area (Å²) < 4.78 is 21.8. The molecular weight excluding hydrogens is 376 g/mol. The minimum Gasteiger partial charge on any atom is -0.444 e. The van der Waals surface area contributed by atoms with Gasteiger partial charge in [0.15, 0.2) is 6.29 Å². The van der Waals surface area contributed by atoms with Crippen LogP contribution in [-0.2, 0) is 18.9 Å². The van der Waals surface area contributed by atoms with E-state index in [-0.39, 0.29) is 6.79 Å². The van der Waals surface area contributed by atoms with Gasteiger partial charge in [0.1, 0.15) is 18.5 Å². The van der Waals surface area contributed by atoms with Crippen molar-refractivity contribution in [2.45, 2.75) is 103 Å². The van der Waals surface area contributed by atoms with E-state index in [1.165, 1.54) is 19.3 Å². The first kappa shape index (κ1) is 26.1. The Bertz CT molecular complexity index is 451. The summed E-state index contributed by atoms with van der Waals surface area (Å²) in [7, 11) is 1.54. The highest BCUT2D eigenvalue weighted by molar-refractivity contribution is 5.68. The Kier molecular flexibility index (Phi) is 12.1. The van der Waals surface area contributed by atoms with E-state index in [2.05, 4.69) is 5.32 Å². The van der Waals surface area contributed by atoms with Crippen molar-refractivity contribution in [3.05, 3.63) is 0 Å². The number of nitrogens with two attached hydrogens (primary N) is 1. The SMILES string of the molecule is COC(C)OCO[C@@H]([C@H](O)CCN)[C@H](CC1CCCCC1)NC(=O)OC(C)(C)C. The zero-order valence-electron chi connectivity index (χ0n) is 18.8. The van der Waals surface area contributed by atoms with Gasteiger partial charge >= 0.3 is 6.09 Å². The minimum atomic E-state index is -0.829. The summed E-state index contributed by atoms with van der Waals surface area (Å²) in [6, 6.07) is -0.407. The molecule has 8 nitrogen and oxygen atoms in total. The summed E-state index contributed by atoms with van der Waals surface area (Å²) in [6.07, 6.45) is 4.50. The second-order valence-corrected chi connectivity index (χ2v) is 8.86. The molecule has 1 rings (SSSR count). The number of nitrogens with one attached hydrogen (secondary N) is 1. The van der Waals surface area contributed by atoms with Gasteiger partial charge in [0.2, 0.25) is 0 Å². The third-order valence-corrected chi connectivity index (χ3v) is 5.15. The molecule has 0 aliphatic heterocycles. The van der Waals surface area contributed by atoms with E-state index in [1.807, 2.05) is 20.8 Å². The number of aliphatic hydroxyl groups excluding tert-OH is 1. The Morgan fingerprint density at radius 3 is 2.41 bits per heavy atom. The number of hydrogen-bond acceptors (Lipinski definition) is 7. The largest absolute Gasteiger partial charge is 0.444 e. The maximum atomic E-state index is 12.5. The fourth-order valence-corrected chi connectivity index (χ4v) is 3.63. The standard InChI is InChI=1S/C21H42N2O6/c1-15(26-5)27-14-28-19(18(24)11-12-22)17(13-16-9-7-6-8-10-16)23-20(25)29-21(2,3)4/h15-19,24H,6-14,22H2,1-5H3,(H,23,25)/t15?,17-,18+,19+/m0/s1. The van der Waals surface area contributed by atoms with Crippen LogP contribution in [0.5, 0.6) is 0 Å². The fourth-order valence-electron chi connectivity index (χ4n) is 3.63. The first-order chi connectivity index (χ1) is 13.7. The van der Waals surface area contributed by atoms with Crippen molar-refractivity contribution in [3.63, 3.8) is 0 Å². The van der Waals surface area contributed by atoms with Crippen LogP contribution in [0.2, 0.25) is 0 Å². The highest BCUT2D eigenvalue weighted by Gasteiger charge is 2.34. The van der Waals surface area contributed by atoms with Crippen LogP contribution in [0.1, 0.15) is 72.6 Å². The van der Waals surface area contributed by atoms with Crippen LogP contribution in [0.3, 0.4) is 0 Å². The molecule has 1 saturated carbocycles. The molecule has 0 saturated heterocycles. The molecule has 1 amide bonds. The summed E-state index contributed by atoms with van der Waals surface area (Å²) in [6.45, 7) is 7.48. The molecular formula is C21H42N2O6. The van der Waals surface area contributed by atoms with Gasteiger partial charge in [-0.3, -0.25) is 0 Å². The first-order valence-corrected chi connectivity index (χ1v) is 10.8. The summed E-state index contributed by atoms with van der Waals surface area (Å²) in [5.41, 5.74) is 5.05. The Balaban J connectivity index is 2.89. The topological polar surface area (TPSA) is 112 Å². The quantitative estimate of drug-likeness (QED) is 0.418. The normalized spacial score (nSPS) is 20.0. The molecule has 29 heavy (non-hydrogen) atoms. The third kappa shape index (κ3) is 11.1. The van der Waals surface area contributed by atoms with Crippen molar-refractivity contribution < 1.29 is 28.8 Å². The number of aliphatic hydroxyl groups is 1. The lowest BCUT2D eigenvalue weighted by molar-refractivity contribution is -0.204. The molecule has 4 atom stereocenters. The lowest BCUT2D eigenvalue weighted by Crippen LogP contribution is -2.52. The van der Waals surface area contributed by atoms with Gasteiger partial charge in [0, 0.05) is 7.11 Å². The van der Waals surface area contributed by atoms with Gasteiger partial charge < -0.3 is 35.1 Å². The van der Waals surface area contributed by atoms with Gasteiger partial charge in [0.05, 0.1) is 12.1 Å². The predicted molar refractivity (Wildman–Crippen MR) is 111 cm³/mol. The number of ether oxygens (including phenoxy) is 4. The summed E-state index contributed by atoms with van der Waals surface area (Å²) >= 11 is 0. The molecule has 1 aliphatic carbocycles. The monoisotopic (exact) mass is 418 g/mol. The molecule has 0 aromatic carbocycles. The number of hydrogen-bond donors (Lipinski definition) is 3. The Morgan fingerprint density at radius 2 is 1.86 bits per heavy atom. The van der Waals surface area contributed by atoms with E-state index in [4.69, 9.17) is 24.7 Å². The molecule has 0 aromatic rings. The zero-order chi connectivity index (χ0) is 21.9. The fraction of sp³-hybridized carbons (Fsp3) is 0.952. The molecule has 0 radical (unpaired) electrons. The number of amides is 1. The average molecular weight is 419 g/mol. The molecule has 1 fully saturated rings. The number of alkyl carbamates (subject to hydrolysis) is 1. The van der Waals surface area contributed by atoms with E-state index in [0.29, 0.717) is 25.3 Å². The highest BCUT2D eigenvalue weighted by Crippen LogP contribution is 2.29. The van der Waals surface area contributed by atoms with Gasteiger partial charge in [0.25, 0.3) is 0 Å². The van der Waals surface area contributed by atoms with Crippen LogP contribution in [0.25, 0.3) is 0 Å². The van der Waals surface area contributed by atoms with E-state index in [9.17, 15) is 9.90 Å². The summed E-state index contributed by atoms with van der Waals surface area (Å²) in [5, 5.41) is 13.6. The molecule has 1 unspecified atom stereocenters. The molecule has 0 spiro atoms. The Morgan fingerprint density at radius 1 is 1.21 bits per heavy atom. The number of rotatable bonds is 12. The molecule has 4 N–H and O–H groups in total. The van der Waals surface area contributed by atoms with E-state index >= 15 is 0 Å². The second kappa shape index (κ2) is 13.4. The van der Waals surface area contributed by atoms with Gasteiger partial charge in [-0.1, -0.05) is 32.1 Å². The van der Waals surface area contributed by atoms with Crippen molar-refractivity contribution in [3.8, 4) is 0 Å². The van der Waals surface area contributed by atoms with E-state index in [1.54, 1.807) is 14.0 Å². The minimum absolute atomic E-state index is 0.0571. The lowest BCUT2D eigenvalue weighted by atomic mass is 9.83. The van der Waals surface area contributed by atoms with Gasteiger partial charge in [-0.2, -0.15) is 0 Å². The maximum Gasteiger partial charge on any atom is 0.407 e. The number of carbonyl (C=O) groups excluding carboxylic acids is 1. The summed E-state index contributed by atoms with van der Waals surface area (Å²) in [4.78, 5) is 12.5. The van der Waals surface area contributed by atoms with Gasteiger partial charge in [-0.15, -0.1) is 0 Å². The van der Waals surface area contributed by atoms with E-state index in [0.717, 1.165) is 12.8 Å². The average Bonchev–Trinajstić information content (AvgIpc) is 2.64. The highest BCUT2D eigenvalue weighted by atomic mass is 16.7. The number of methoxy groups -OCH3 is 1. The van der Waals surface area contributed by atoms with Crippen molar-refractivity contribution in [2.24, 2.45) is 11.7 Å². The van der Waals surface area contributed by atoms with Crippen LogP contribution in [0, 0.1) is 5.92 Å². The van der Waals surface area contributed by atoms with Crippen molar-refractivity contribution in [1.82, 2.24) is 5.32 Å². The first-order valence-electron chi connectivity index (χ1n) is 10.8. The lowest BCUT2D eigenvalue weighted by Gasteiger charge is -2.35. The van der Waals surface area contributed by atoms with Crippen LogP contribution >= 0.6 is 0 Å². The molecule has 0 bridgehead atoms. The van der Waals surface area contributed by atoms with Crippen LogP contribution < -0.4 is 11.1 Å². The van der Waals surface area contributed by atoms with Crippen LogP contribution in [0.4, 0.5) is 4.79 Å². The van der Waals surface area contributed by atoms with Gasteiger partial charge in [-0.05, 0) is 53.0 Å². The molecule has 172 valence electrons. The van der Waals surface area contributed by atoms with Crippen molar-refractivity contribution in [1.29, 1.82) is 0 Å². The maximum absolute atomic E-state index is 12.5. The van der Waals surface area contributed by atoms with Crippen molar-refractivity contribution >= 4 is 6.09 Å². The van der Waals surface area contributed by atoms with E-state index < -0.39 is 36.2 Å². The smallest absolute Gasteiger partial charge is 0.407 e. The molecule has 8 heteroatoms.